The van der Waals surface area contributed by atoms with E-state index in [1.807, 2.05) is 0 Å². The lowest BCUT2D eigenvalue weighted by Crippen LogP contribution is -2.13. The predicted octanol–water partition coefficient (Wildman–Crippen LogP) is 4.30. The molecule has 1 aliphatic rings. The van der Waals surface area contributed by atoms with Crippen molar-refractivity contribution in [3.63, 3.8) is 0 Å². The monoisotopic (exact) mass is 188 g/mol. The number of hydrogen-bond donors (Lipinski definition) is 0. The Bertz CT molecular complexity index is 314. The summed E-state index contributed by atoms with van der Waals surface area (Å²) < 4.78 is 0. The second kappa shape index (κ2) is 3.42. The maximum absolute atomic E-state index is 2.37. The van der Waals surface area contributed by atoms with E-state index in [1.54, 1.807) is 11.1 Å². The maximum atomic E-state index is 2.37. The lowest BCUT2D eigenvalue weighted by Gasteiger charge is -2.30. The van der Waals surface area contributed by atoms with Gasteiger partial charge in [0.15, 0.2) is 0 Å². The minimum Gasteiger partial charge on any atom is -0.0588 e. The molecule has 0 saturated carbocycles. The zero-order chi connectivity index (χ0) is 10.3. The summed E-state index contributed by atoms with van der Waals surface area (Å²) in [5.74, 6) is 1.53. The van der Waals surface area contributed by atoms with E-state index in [2.05, 4.69) is 39.8 Å². The van der Waals surface area contributed by atoms with E-state index in [9.17, 15) is 0 Å². The highest BCUT2D eigenvalue weighted by atomic mass is 14.3. The van der Waals surface area contributed by atoms with E-state index in [0.29, 0.717) is 0 Å². The molecule has 0 saturated heterocycles. The first-order chi connectivity index (χ1) is 6.61. The van der Waals surface area contributed by atoms with Gasteiger partial charge in [-0.05, 0) is 60.8 Å². The van der Waals surface area contributed by atoms with Crippen LogP contribution in [0.2, 0.25) is 0 Å². The molecule has 0 heteroatoms. The normalized spacial score (nSPS) is 26.0. The second-order valence-corrected chi connectivity index (χ2v) is 4.91. The third kappa shape index (κ3) is 1.37. The van der Waals surface area contributed by atoms with E-state index in [1.165, 1.54) is 24.0 Å². The Labute approximate surface area is 87.3 Å². The van der Waals surface area contributed by atoms with Crippen LogP contribution < -0.4 is 0 Å². The van der Waals surface area contributed by atoms with Gasteiger partial charge in [-0.25, -0.2) is 0 Å². The maximum Gasteiger partial charge on any atom is -0.0185 e. The highest BCUT2D eigenvalue weighted by Gasteiger charge is 2.24. The van der Waals surface area contributed by atoms with Gasteiger partial charge in [-0.1, -0.05) is 26.0 Å². The number of fused-ring (bicyclic) bond motifs is 1. The third-order valence-electron chi connectivity index (χ3n) is 3.74. The van der Waals surface area contributed by atoms with Gasteiger partial charge in [-0.3, -0.25) is 0 Å². The standard InChI is InChI=1S/C14H20/c1-9-5-6-11(3)14-12(4)8-7-10(2)13(9)14/h5-6,10,12H,7-8H2,1-4H3/t10-,12-/m0/s1. The first-order valence-corrected chi connectivity index (χ1v) is 5.71. The molecule has 0 aromatic heterocycles. The zero-order valence-electron chi connectivity index (χ0n) is 9.72. The quantitative estimate of drug-likeness (QED) is 0.569. The largest absolute Gasteiger partial charge is 0.0588 e. The molecule has 1 aromatic rings. The van der Waals surface area contributed by atoms with Gasteiger partial charge in [0.2, 0.25) is 0 Å². The Hall–Kier alpha value is -0.780. The molecular weight excluding hydrogens is 168 g/mol. The van der Waals surface area contributed by atoms with Crippen LogP contribution in [0, 0.1) is 13.8 Å². The fraction of sp³-hybridized carbons (Fsp3) is 0.571. The van der Waals surface area contributed by atoms with E-state index >= 15 is 0 Å². The summed E-state index contributed by atoms with van der Waals surface area (Å²) in [5, 5.41) is 0. The molecule has 2 rings (SSSR count). The van der Waals surface area contributed by atoms with Crippen molar-refractivity contribution in [1.82, 2.24) is 0 Å². The van der Waals surface area contributed by atoms with Gasteiger partial charge in [0.1, 0.15) is 0 Å². The highest BCUT2D eigenvalue weighted by molar-refractivity contribution is 5.45. The van der Waals surface area contributed by atoms with Gasteiger partial charge in [0.25, 0.3) is 0 Å². The van der Waals surface area contributed by atoms with Crippen LogP contribution in [0.5, 0.6) is 0 Å². The Morgan fingerprint density at radius 2 is 1.21 bits per heavy atom. The molecule has 1 aliphatic carbocycles. The lowest BCUT2D eigenvalue weighted by atomic mass is 9.74. The van der Waals surface area contributed by atoms with Crippen LogP contribution in [0.1, 0.15) is 60.8 Å². The van der Waals surface area contributed by atoms with Crippen molar-refractivity contribution in [3.05, 3.63) is 34.4 Å². The highest BCUT2D eigenvalue weighted by Crippen LogP contribution is 2.41. The van der Waals surface area contributed by atoms with E-state index in [4.69, 9.17) is 0 Å². The fourth-order valence-corrected chi connectivity index (χ4v) is 2.95. The van der Waals surface area contributed by atoms with Crippen molar-refractivity contribution in [2.24, 2.45) is 0 Å². The van der Waals surface area contributed by atoms with Gasteiger partial charge >= 0.3 is 0 Å². The summed E-state index contributed by atoms with van der Waals surface area (Å²) >= 11 is 0. The molecule has 14 heavy (non-hydrogen) atoms. The smallest absolute Gasteiger partial charge is 0.0185 e. The van der Waals surface area contributed by atoms with Gasteiger partial charge < -0.3 is 0 Å². The molecule has 0 radical (unpaired) electrons. The fourth-order valence-electron chi connectivity index (χ4n) is 2.95. The summed E-state index contributed by atoms with van der Waals surface area (Å²) in [5.41, 5.74) is 6.27. The molecule has 1 aromatic carbocycles. The predicted molar refractivity (Wildman–Crippen MR) is 62.0 cm³/mol. The van der Waals surface area contributed by atoms with Gasteiger partial charge in [-0.2, -0.15) is 0 Å². The number of rotatable bonds is 0. The first-order valence-electron chi connectivity index (χ1n) is 5.71. The number of benzene rings is 1. The summed E-state index contributed by atoms with van der Waals surface area (Å²) in [7, 11) is 0. The van der Waals surface area contributed by atoms with Crippen LogP contribution in [0.3, 0.4) is 0 Å². The van der Waals surface area contributed by atoms with E-state index in [0.717, 1.165) is 11.8 Å². The minimum atomic E-state index is 0.765. The Morgan fingerprint density at radius 1 is 0.857 bits per heavy atom. The van der Waals surface area contributed by atoms with Gasteiger partial charge in [-0.15, -0.1) is 0 Å². The Kier molecular flexibility index (Phi) is 2.38. The molecule has 0 unspecified atom stereocenters. The molecule has 0 heterocycles. The second-order valence-electron chi connectivity index (χ2n) is 4.91. The molecular formula is C14H20. The van der Waals surface area contributed by atoms with Crippen LogP contribution in [-0.2, 0) is 0 Å². The van der Waals surface area contributed by atoms with E-state index in [-0.39, 0.29) is 0 Å². The van der Waals surface area contributed by atoms with Gasteiger partial charge in [0.05, 0.1) is 0 Å². The van der Waals surface area contributed by atoms with Crippen molar-refractivity contribution in [2.75, 3.05) is 0 Å². The average molecular weight is 188 g/mol. The van der Waals surface area contributed by atoms with Crippen molar-refractivity contribution in [3.8, 4) is 0 Å². The zero-order valence-corrected chi connectivity index (χ0v) is 9.72. The molecule has 0 spiro atoms. The molecule has 0 aliphatic heterocycles. The van der Waals surface area contributed by atoms with Crippen molar-refractivity contribution in [1.29, 1.82) is 0 Å². The topological polar surface area (TPSA) is 0 Å². The number of hydrogen-bond acceptors (Lipinski definition) is 0. The Balaban J connectivity index is 2.65. The van der Waals surface area contributed by atoms with Crippen LogP contribution in [0.25, 0.3) is 0 Å². The Morgan fingerprint density at radius 3 is 1.57 bits per heavy atom. The van der Waals surface area contributed by atoms with Crippen molar-refractivity contribution >= 4 is 0 Å². The van der Waals surface area contributed by atoms with Crippen molar-refractivity contribution in [2.45, 2.75) is 52.4 Å². The molecule has 0 nitrogen and oxygen atoms in total. The molecule has 0 fully saturated rings. The average Bonchev–Trinajstić information content (AvgIpc) is 2.16. The molecule has 2 atom stereocenters. The van der Waals surface area contributed by atoms with Crippen LogP contribution in [0.15, 0.2) is 12.1 Å². The molecule has 76 valence electrons. The third-order valence-corrected chi connectivity index (χ3v) is 3.74. The molecule has 0 bridgehead atoms. The van der Waals surface area contributed by atoms with Crippen LogP contribution in [0.4, 0.5) is 0 Å². The molecule has 0 N–H and O–H groups in total. The van der Waals surface area contributed by atoms with Gasteiger partial charge in [0, 0.05) is 0 Å². The van der Waals surface area contributed by atoms with Crippen molar-refractivity contribution < 1.29 is 0 Å². The summed E-state index contributed by atoms with van der Waals surface area (Å²) in [6.07, 6.45) is 2.72. The first kappa shape index (κ1) is 9.76. The van der Waals surface area contributed by atoms with E-state index < -0.39 is 0 Å². The summed E-state index contributed by atoms with van der Waals surface area (Å²) in [6, 6.07) is 4.56. The summed E-state index contributed by atoms with van der Waals surface area (Å²) in [4.78, 5) is 0. The van der Waals surface area contributed by atoms with Crippen LogP contribution >= 0.6 is 0 Å². The minimum absolute atomic E-state index is 0.765. The SMILES string of the molecule is Cc1ccc(C)c2c1[C@@H](C)CC[C@@H]2C. The molecule has 0 amide bonds. The van der Waals surface area contributed by atoms with Crippen LogP contribution in [-0.4, -0.2) is 0 Å². The number of aryl methyl sites for hydroxylation is 2. The summed E-state index contributed by atoms with van der Waals surface area (Å²) in [6.45, 7) is 9.26. The lowest BCUT2D eigenvalue weighted by molar-refractivity contribution is 0.522.